The summed E-state index contributed by atoms with van der Waals surface area (Å²) in [5.41, 5.74) is 5.87. The molecule has 0 atom stereocenters. The van der Waals surface area contributed by atoms with Crippen molar-refractivity contribution in [3.05, 3.63) is 23.3 Å². The van der Waals surface area contributed by atoms with Crippen molar-refractivity contribution in [3.63, 3.8) is 0 Å². The molecule has 0 unspecified atom stereocenters. The molecule has 0 heterocycles. The Hall–Kier alpha value is -1.32. The van der Waals surface area contributed by atoms with Crippen LogP contribution in [0.1, 0.15) is 19.4 Å². The summed E-state index contributed by atoms with van der Waals surface area (Å²) in [6, 6.07) is 1.39. The number of hydrogen-bond acceptors (Lipinski definition) is 2. The molecule has 0 saturated carbocycles. The van der Waals surface area contributed by atoms with Gasteiger partial charge in [-0.1, -0.05) is 13.8 Å². The number of anilines is 2. The Balaban J connectivity index is 0.000000791. The number of halogens is 2. The van der Waals surface area contributed by atoms with E-state index in [1.165, 1.54) is 20.0 Å². The molecule has 1 aromatic carbocycles. The van der Waals surface area contributed by atoms with Crippen molar-refractivity contribution in [1.29, 1.82) is 0 Å². The number of nitrogens with two attached hydrogens (primary N) is 1. The molecule has 4 heteroatoms. The smallest absolute Gasteiger partial charge is 0.184 e. The molecule has 1 rings (SSSR count). The highest BCUT2D eigenvalue weighted by molar-refractivity contribution is 5.67. The average molecular weight is 202 g/mol. The van der Waals surface area contributed by atoms with Gasteiger partial charge in [0.05, 0.1) is 11.4 Å². The Morgan fingerprint density at radius 2 is 1.71 bits per heavy atom. The van der Waals surface area contributed by atoms with Gasteiger partial charge in [-0.05, 0) is 18.6 Å². The number of benzene rings is 1. The minimum absolute atomic E-state index is 0.0121. The van der Waals surface area contributed by atoms with Gasteiger partial charge in [0.15, 0.2) is 11.6 Å². The van der Waals surface area contributed by atoms with E-state index in [1.807, 2.05) is 13.8 Å². The van der Waals surface area contributed by atoms with Crippen molar-refractivity contribution in [2.75, 3.05) is 18.1 Å². The summed E-state index contributed by atoms with van der Waals surface area (Å²) in [7, 11) is 1.49. The molecule has 0 bridgehead atoms. The fraction of sp³-hybridized carbons (Fsp3) is 0.400. The summed E-state index contributed by atoms with van der Waals surface area (Å²) in [5, 5.41) is 2.49. The van der Waals surface area contributed by atoms with E-state index in [-0.39, 0.29) is 16.9 Å². The topological polar surface area (TPSA) is 38.0 Å². The van der Waals surface area contributed by atoms with Crippen LogP contribution in [0.5, 0.6) is 0 Å². The van der Waals surface area contributed by atoms with Crippen LogP contribution in [0.4, 0.5) is 20.2 Å². The highest BCUT2D eigenvalue weighted by Gasteiger charge is 2.12. The maximum Gasteiger partial charge on any atom is 0.184 e. The molecule has 14 heavy (non-hydrogen) atoms. The van der Waals surface area contributed by atoms with E-state index < -0.39 is 11.6 Å². The maximum absolute atomic E-state index is 13.0. The summed E-state index contributed by atoms with van der Waals surface area (Å²) >= 11 is 0. The van der Waals surface area contributed by atoms with Crippen LogP contribution in [0.25, 0.3) is 0 Å². The SMILES string of the molecule is CC.CNc1c(N)cc(C)c(F)c1F. The van der Waals surface area contributed by atoms with Gasteiger partial charge in [-0.15, -0.1) is 0 Å². The molecule has 2 nitrogen and oxygen atoms in total. The lowest BCUT2D eigenvalue weighted by Gasteiger charge is -2.08. The molecule has 0 amide bonds. The van der Waals surface area contributed by atoms with Crippen LogP contribution in [0.15, 0.2) is 6.07 Å². The minimum atomic E-state index is -0.921. The average Bonchev–Trinajstić information content (AvgIpc) is 2.18. The van der Waals surface area contributed by atoms with E-state index >= 15 is 0 Å². The summed E-state index contributed by atoms with van der Waals surface area (Å²) in [6.45, 7) is 5.47. The summed E-state index contributed by atoms with van der Waals surface area (Å²) in [5.74, 6) is -1.77. The molecule has 0 aliphatic heterocycles. The fourth-order valence-corrected chi connectivity index (χ4v) is 1.03. The highest BCUT2D eigenvalue weighted by Crippen LogP contribution is 2.26. The quantitative estimate of drug-likeness (QED) is 0.687. The van der Waals surface area contributed by atoms with E-state index in [0.717, 1.165) is 0 Å². The summed E-state index contributed by atoms with van der Waals surface area (Å²) in [4.78, 5) is 0. The largest absolute Gasteiger partial charge is 0.397 e. The maximum atomic E-state index is 13.0. The fourth-order valence-electron chi connectivity index (χ4n) is 1.03. The monoisotopic (exact) mass is 202 g/mol. The molecule has 0 saturated heterocycles. The van der Waals surface area contributed by atoms with Crippen molar-refractivity contribution >= 4 is 11.4 Å². The third-order valence-electron chi connectivity index (χ3n) is 1.67. The molecule has 3 N–H and O–H groups in total. The predicted molar refractivity (Wildman–Crippen MR) is 56.4 cm³/mol. The van der Waals surface area contributed by atoms with Gasteiger partial charge in [0, 0.05) is 7.05 Å². The zero-order chi connectivity index (χ0) is 11.3. The first-order valence-corrected chi connectivity index (χ1v) is 4.49. The van der Waals surface area contributed by atoms with E-state index in [1.54, 1.807) is 0 Å². The lowest BCUT2D eigenvalue weighted by molar-refractivity contribution is 0.506. The van der Waals surface area contributed by atoms with Crippen LogP contribution in [0.2, 0.25) is 0 Å². The van der Waals surface area contributed by atoms with Gasteiger partial charge in [0.1, 0.15) is 0 Å². The van der Waals surface area contributed by atoms with Crippen LogP contribution in [-0.4, -0.2) is 7.05 Å². The number of nitrogens with one attached hydrogen (secondary N) is 1. The number of nitrogen functional groups attached to an aromatic ring is 1. The molecule has 0 aromatic heterocycles. The molecular formula is C10H16F2N2. The van der Waals surface area contributed by atoms with Gasteiger partial charge < -0.3 is 11.1 Å². The van der Waals surface area contributed by atoms with Crippen LogP contribution in [0, 0.1) is 18.6 Å². The number of rotatable bonds is 1. The minimum Gasteiger partial charge on any atom is -0.397 e. The first kappa shape index (κ1) is 12.7. The second kappa shape index (κ2) is 5.42. The molecule has 0 spiro atoms. The molecule has 0 aliphatic carbocycles. The van der Waals surface area contributed by atoms with Crippen LogP contribution in [0.3, 0.4) is 0 Å². The number of hydrogen-bond donors (Lipinski definition) is 2. The van der Waals surface area contributed by atoms with E-state index in [9.17, 15) is 8.78 Å². The molecule has 80 valence electrons. The molecular weight excluding hydrogens is 186 g/mol. The molecule has 0 radical (unpaired) electrons. The molecule has 0 aliphatic rings. The second-order valence-electron chi connectivity index (χ2n) is 2.54. The Bertz CT molecular complexity index is 311. The Morgan fingerprint density at radius 1 is 1.21 bits per heavy atom. The molecule has 0 fully saturated rings. The van der Waals surface area contributed by atoms with Crippen LogP contribution < -0.4 is 11.1 Å². The van der Waals surface area contributed by atoms with Crippen molar-refractivity contribution < 1.29 is 8.78 Å². The second-order valence-corrected chi connectivity index (χ2v) is 2.54. The van der Waals surface area contributed by atoms with Gasteiger partial charge in [-0.2, -0.15) is 0 Å². The normalized spacial score (nSPS) is 9.00. The Labute approximate surface area is 83.1 Å². The van der Waals surface area contributed by atoms with Gasteiger partial charge in [-0.3, -0.25) is 0 Å². The highest BCUT2D eigenvalue weighted by atomic mass is 19.2. The third-order valence-corrected chi connectivity index (χ3v) is 1.67. The van der Waals surface area contributed by atoms with E-state index in [0.29, 0.717) is 0 Å². The van der Waals surface area contributed by atoms with Crippen molar-refractivity contribution in [2.45, 2.75) is 20.8 Å². The number of aryl methyl sites for hydroxylation is 1. The lowest BCUT2D eigenvalue weighted by Crippen LogP contribution is -2.02. The summed E-state index contributed by atoms with van der Waals surface area (Å²) < 4.78 is 25.9. The van der Waals surface area contributed by atoms with Gasteiger partial charge in [0.25, 0.3) is 0 Å². The first-order valence-electron chi connectivity index (χ1n) is 4.49. The first-order chi connectivity index (χ1) is 6.57. The van der Waals surface area contributed by atoms with Crippen molar-refractivity contribution in [2.24, 2.45) is 0 Å². The molecule has 1 aromatic rings. The Morgan fingerprint density at radius 3 is 2.14 bits per heavy atom. The Kier molecular flexibility index (Phi) is 4.91. The standard InChI is InChI=1S/C8H10F2N2.C2H6/c1-4-3-5(11)8(12-2)7(10)6(4)9;1-2/h3,12H,11H2,1-2H3;1-2H3. The zero-order valence-electron chi connectivity index (χ0n) is 8.91. The predicted octanol–water partition coefficient (Wildman–Crippen LogP) is 2.92. The summed E-state index contributed by atoms with van der Waals surface area (Å²) in [6.07, 6.45) is 0. The van der Waals surface area contributed by atoms with Gasteiger partial charge in [-0.25, -0.2) is 8.78 Å². The van der Waals surface area contributed by atoms with Gasteiger partial charge >= 0.3 is 0 Å². The van der Waals surface area contributed by atoms with E-state index in [2.05, 4.69) is 5.32 Å². The van der Waals surface area contributed by atoms with Crippen molar-refractivity contribution in [1.82, 2.24) is 0 Å². The lowest BCUT2D eigenvalue weighted by atomic mass is 10.1. The van der Waals surface area contributed by atoms with Gasteiger partial charge in [0.2, 0.25) is 0 Å². The van der Waals surface area contributed by atoms with Crippen molar-refractivity contribution in [3.8, 4) is 0 Å². The van der Waals surface area contributed by atoms with E-state index in [4.69, 9.17) is 5.73 Å². The third kappa shape index (κ3) is 2.34. The van der Waals surface area contributed by atoms with Crippen LogP contribution >= 0.6 is 0 Å². The van der Waals surface area contributed by atoms with Crippen LogP contribution in [-0.2, 0) is 0 Å². The zero-order valence-corrected chi connectivity index (χ0v) is 8.91.